The minimum atomic E-state index is -0.637. The van der Waals surface area contributed by atoms with Crippen LogP contribution in [-0.2, 0) is 4.79 Å². The Kier molecular flexibility index (Phi) is 5.58. The minimum Gasteiger partial charge on any atom is -0.328 e. The van der Waals surface area contributed by atoms with Gasteiger partial charge in [-0.05, 0) is 49.7 Å². The summed E-state index contributed by atoms with van der Waals surface area (Å²) in [5.41, 5.74) is 4.30. The second-order valence-corrected chi connectivity index (χ2v) is 8.31. The van der Waals surface area contributed by atoms with Crippen LogP contribution in [0.2, 0.25) is 0 Å². The lowest BCUT2D eigenvalue weighted by molar-refractivity contribution is -0.384. The maximum absolute atomic E-state index is 13.5. The van der Waals surface area contributed by atoms with Crippen LogP contribution >= 0.6 is 0 Å². The van der Waals surface area contributed by atoms with Crippen LogP contribution in [0.4, 0.5) is 17.3 Å². The Morgan fingerprint density at radius 1 is 1.03 bits per heavy atom. The second-order valence-electron chi connectivity index (χ2n) is 8.31. The van der Waals surface area contributed by atoms with Crippen molar-refractivity contribution in [2.75, 3.05) is 10.6 Å². The van der Waals surface area contributed by atoms with Crippen LogP contribution in [0.1, 0.15) is 24.1 Å². The van der Waals surface area contributed by atoms with Crippen molar-refractivity contribution in [1.82, 2.24) is 14.8 Å². The van der Waals surface area contributed by atoms with Gasteiger partial charge in [-0.3, -0.25) is 14.9 Å². The number of non-ortho nitro benzene ring substituents is 1. The van der Waals surface area contributed by atoms with Crippen LogP contribution in [0.5, 0.6) is 0 Å². The topological polar surface area (TPSA) is 115 Å². The third-order valence-corrected chi connectivity index (χ3v) is 5.82. The molecule has 0 spiro atoms. The molecule has 1 atom stereocenters. The molecule has 2 N–H and O–H groups in total. The zero-order valence-corrected chi connectivity index (χ0v) is 19.1. The predicted octanol–water partition coefficient (Wildman–Crippen LogP) is 5.09. The molecule has 0 saturated heterocycles. The van der Waals surface area contributed by atoms with Gasteiger partial charge >= 0.3 is 0 Å². The number of aromatic nitrogens is 3. The number of para-hydroxylation sites is 1. The molecule has 0 bridgehead atoms. The van der Waals surface area contributed by atoms with Crippen molar-refractivity contribution in [3.8, 4) is 11.4 Å². The van der Waals surface area contributed by atoms with E-state index < -0.39 is 11.0 Å². The maximum Gasteiger partial charge on any atom is 0.269 e. The Bertz CT molecular complexity index is 1460. The Hall–Kier alpha value is -4.79. The highest BCUT2D eigenvalue weighted by atomic mass is 16.6. The van der Waals surface area contributed by atoms with Gasteiger partial charge in [-0.2, -0.15) is 4.98 Å². The number of nitro benzene ring substituents is 1. The van der Waals surface area contributed by atoms with Crippen molar-refractivity contribution < 1.29 is 9.72 Å². The van der Waals surface area contributed by atoms with Gasteiger partial charge in [0.05, 0.1) is 10.5 Å². The molecule has 1 amide bonds. The van der Waals surface area contributed by atoms with Gasteiger partial charge in [-0.15, -0.1) is 5.10 Å². The lowest BCUT2D eigenvalue weighted by atomic mass is 9.95. The van der Waals surface area contributed by atoms with Crippen LogP contribution in [-0.4, -0.2) is 25.6 Å². The van der Waals surface area contributed by atoms with Gasteiger partial charge in [0.2, 0.25) is 5.95 Å². The van der Waals surface area contributed by atoms with E-state index in [1.54, 1.807) is 16.8 Å². The van der Waals surface area contributed by atoms with Gasteiger partial charge in [-0.1, -0.05) is 42.0 Å². The number of rotatable bonds is 5. The van der Waals surface area contributed by atoms with Crippen LogP contribution in [0, 0.1) is 17.0 Å². The average molecular weight is 467 g/mol. The molecule has 174 valence electrons. The van der Waals surface area contributed by atoms with Crippen molar-refractivity contribution in [2.45, 2.75) is 19.9 Å². The molecule has 1 aromatic heterocycles. The fourth-order valence-electron chi connectivity index (χ4n) is 4.16. The van der Waals surface area contributed by atoms with E-state index in [1.165, 1.54) is 12.1 Å². The number of nitrogens with one attached hydrogen (secondary N) is 2. The lowest BCUT2D eigenvalue weighted by Gasteiger charge is -2.28. The van der Waals surface area contributed by atoms with Crippen LogP contribution in [0.25, 0.3) is 11.4 Å². The fraction of sp³-hybridized carbons (Fsp3) is 0.115. The van der Waals surface area contributed by atoms with E-state index in [4.69, 9.17) is 5.10 Å². The van der Waals surface area contributed by atoms with Gasteiger partial charge < -0.3 is 10.6 Å². The first-order valence-electron chi connectivity index (χ1n) is 11.0. The molecule has 2 heterocycles. The van der Waals surface area contributed by atoms with Gasteiger partial charge in [0.15, 0.2) is 5.82 Å². The molecule has 3 aromatic carbocycles. The third kappa shape index (κ3) is 4.26. The molecule has 0 fully saturated rings. The predicted molar refractivity (Wildman–Crippen MR) is 133 cm³/mol. The summed E-state index contributed by atoms with van der Waals surface area (Å²) < 4.78 is 1.66. The molecule has 0 radical (unpaired) electrons. The molecule has 9 nitrogen and oxygen atoms in total. The largest absolute Gasteiger partial charge is 0.328 e. The molecule has 4 aromatic rings. The van der Waals surface area contributed by atoms with Gasteiger partial charge in [0, 0.05) is 29.1 Å². The number of fused-ring (bicyclic) bond motifs is 1. The number of amides is 1. The quantitative estimate of drug-likeness (QED) is 0.313. The number of carbonyl (C=O) groups excluding carboxylic acids is 1. The highest BCUT2D eigenvalue weighted by Crippen LogP contribution is 2.37. The summed E-state index contributed by atoms with van der Waals surface area (Å²) in [4.78, 5) is 28.9. The van der Waals surface area contributed by atoms with E-state index in [2.05, 4.69) is 15.6 Å². The number of carbonyl (C=O) groups is 1. The van der Waals surface area contributed by atoms with Crippen LogP contribution in [0.15, 0.2) is 90.1 Å². The van der Waals surface area contributed by atoms with E-state index in [0.29, 0.717) is 34.3 Å². The number of aryl methyl sites for hydroxylation is 1. The number of nitrogens with zero attached hydrogens (tertiary/aromatic N) is 4. The molecule has 5 rings (SSSR count). The minimum absolute atomic E-state index is 0.0297. The number of hydrogen-bond acceptors (Lipinski definition) is 6. The summed E-state index contributed by atoms with van der Waals surface area (Å²) in [6.45, 7) is 3.80. The number of nitro groups is 1. The normalized spacial score (nSPS) is 14.7. The van der Waals surface area contributed by atoms with Gasteiger partial charge in [-0.25, -0.2) is 4.68 Å². The first-order chi connectivity index (χ1) is 16.9. The standard InChI is InChI=1S/C26H22N6O3/c1-16-7-6-8-19(15-16)24-29-26-27-17(2)22(25(33)28-20-9-4-3-5-10-20)23(31(26)30-24)18-11-13-21(14-12-18)32(34)35/h3-15,23H,1-2H3,(H,28,33)(H,27,29,30). The average Bonchev–Trinajstić information content (AvgIpc) is 3.27. The molecule has 1 unspecified atom stereocenters. The number of anilines is 2. The van der Waals surface area contributed by atoms with Crippen LogP contribution in [0.3, 0.4) is 0 Å². The molecule has 1 aliphatic rings. The Morgan fingerprint density at radius 2 is 1.77 bits per heavy atom. The summed E-state index contributed by atoms with van der Waals surface area (Å²) in [6.07, 6.45) is 0. The smallest absolute Gasteiger partial charge is 0.269 e. The Morgan fingerprint density at radius 3 is 2.46 bits per heavy atom. The van der Waals surface area contributed by atoms with Gasteiger partial charge in [0.25, 0.3) is 11.6 Å². The van der Waals surface area contributed by atoms with Crippen LogP contribution < -0.4 is 10.6 Å². The summed E-state index contributed by atoms with van der Waals surface area (Å²) in [5.74, 6) is 0.696. The highest BCUT2D eigenvalue weighted by molar-refractivity contribution is 6.06. The van der Waals surface area contributed by atoms with Crippen molar-refractivity contribution in [2.24, 2.45) is 0 Å². The zero-order valence-electron chi connectivity index (χ0n) is 19.1. The maximum atomic E-state index is 13.5. The fourth-order valence-corrected chi connectivity index (χ4v) is 4.16. The number of benzene rings is 3. The van der Waals surface area contributed by atoms with Crippen molar-refractivity contribution in [3.63, 3.8) is 0 Å². The van der Waals surface area contributed by atoms with E-state index in [-0.39, 0.29) is 11.6 Å². The summed E-state index contributed by atoms with van der Waals surface area (Å²) >= 11 is 0. The molecule has 1 aliphatic heterocycles. The van der Waals surface area contributed by atoms with Crippen molar-refractivity contribution in [1.29, 1.82) is 0 Å². The molecular weight excluding hydrogens is 444 g/mol. The Labute approximate surface area is 201 Å². The van der Waals surface area contributed by atoms with Crippen molar-refractivity contribution in [3.05, 3.63) is 111 Å². The summed E-state index contributed by atoms with van der Waals surface area (Å²) in [7, 11) is 0. The molecule has 0 saturated carbocycles. The third-order valence-electron chi connectivity index (χ3n) is 5.82. The van der Waals surface area contributed by atoms with Gasteiger partial charge in [0.1, 0.15) is 6.04 Å². The van der Waals surface area contributed by atoms with E-state index in [1.807, 2.05) is 68.4 Å². The monoisotopic (exact) mass is 466 g/mol. The lowest BCUT2D eigenvalue weighted by Crippen LogP contribution is -2.31. The molecule has 35 heavy (non-hydrogen) atoms. The summed E-state index contributed by atoms with van der Waals surface area (Å²) in [6, 6.07) is 22.5. The zero-order chi connectivity index (χ0) is 24.5. The van der Waals surface area contributed by atoms with E-state index in [9.17, 15) is 14.9 Å². The first-order valence-corrected chi connectivity index (χ1v) is 11.0. The molecule has 0 aliphatic carbocycles. The van der Waals surface area contributed by atoms with E-state index >= 15 is 0 Å². The number of hydrogen-bond donors (Lipinski definition) is 2. The SMILES string of the molecule is CC1=C(C(=O)Nc2ccccc2)C(c2ccc([N+](=O)[O-])cc2)n2nc(-c3cccc(C)c3)nc2N1. The molecular formula is C26H22N6O3. The first kappa shape index (κ1) is 22.0. The van der Waals surface area contributed by atoms with E-state index in [0.717, 1.165) is 11.1 Å². The summed E-state index contributed by atoms with van der Waals surface area (Å²) in [5, 5.41) is 22.1. The molecule has 9 heteroatoms. The second kappa shape index (κ2) is 8.86. The highest BCUT2D eigenvalue weighted by Gasteiger charge is 2.34. The Balaban J connectivity index is 1.61. The van der Waals surface area contributed by atoms with Crippen molar-refractivity contribution >= 4 is 23.2 Å². The number of allylic oxidation sites excluding steroid dienone is 1.